The minimum absolute atomic E-state index is 0.0873. The van der Waals surface area contributed by atoms with Crippen LogP contribution in [0.2, 0.25) is 0 Å². The molecule has 2 heterocycles. The van der Waals surface area contributed by atoms with E-state index in [4.69, 9.17) is 0 Å². The first-order chi connectivity index (χ1) is 13.5. The van der Waals surface area contributed by atoms with Crippen LogP contribution < -0.4 is 10.6 Å². The summed E-state index contributed by atoms with van der Waals surface area (Å²) in [5.74, 6) is -0.540. The molecule has 0 aromatic carbocycles. The Morgan fingerprint density at radius 3 is 2.79 bits per heavy atom. The third-order valence-electron chi connectivity index (χ3n) is 6.40. The van der Waals surface area contributed by atoms with Crippen molar-refractivity contribution in [2.45, 2.75) is 76.7 Å². The van der Waals surface area contributed by atoms with Crippen LogP contribution in [0.25, 0.3) is 0 Å². The molecular formula is C20H28N4O3S. The fraction of sp³-hybridized carbons (Fsp3) is 0.700. The van der Waals surface area contributed by atoms with Crippen LogP contribution in [0.3, 0.4) is 0 Å². The molecule has 1 saturated heterocycles. The zero-order valence-corrected chi connectivity index (χ0v) is 17.2. The van der Waals surface area contributed by atoms with E-state index in [1.807, 2.05) is 6.92 Å². The largest absolute Gasteiger partial charge is 0.325 e. The van der Waals surface area contributed by atoms with Gasteiger partial charge in [-0.1, -0.05) is 32.6 Å². The molecule has 0 radical (unpaired) electrons. The lowest BCUT2D eigenvalue weighted by atomic mass is 9.73. The minimum Gasteiger partial charge on any atom is -0.323 e. The molecule has 1 aromatic rings. The lowest BCUT2D eigenvalue weighted by Gasteiger charge is -2.36. The highest BCUT2D eigenvalue weighted by molar-refractivity contribution is 7.15. The number of rotatable bonds is 3. The van der Waals surface area contributed by atoms with Gasteiger partial charge in [0.2, 0.25) is 5.91 Å². The molecule has 0 bridgehead atoms. The Bertz CT molecular complexity index is 767. The first-order valence-corrected chi connectivity index (χ1v) is 11.2. The van der Waals surface area contributed by atoms with Gasteiger partial charge in [-0.25, -0.2) is 9.78 Å². The number of nitrogens with one attached hydrogen (secondary N) is 2. The number of hydrogen-bond acceptors (Lipinski definition) is 5. The Morgan fingerprint density at radius 1 is 1.21 bits per heavy atom. The van der Waals surface area contributed by atoms with Crippen LogP contribution in [0.15, 0.2) is 0 Å². The molecule has 2 aliphatic carbocycles. The van der Waals surface area contributed by atoms with E-state index in [1.54, 1.807) is 0 Å². The summed E-state index contributed by atoms with van der Waals surface area (Å²) < 4.78 is 0. The van der Waals surface area contributed by atoms with Crippen LogP contribution in [0.1, 0.15) is 68.9 Å². The number of urea groups is 1. The zero-order valence-electron chi connectivity index (χ0n) is 16.4. The van der Waals surface area contributed by atoms with Gasteiger partial charge in [0.25, 0.3) is 5.91 Å². The Kier molecular flexibility index (Phi) is 5.40. The molecule has 1 saturated carbocycles. The van der Waals surface area contributed by atoms with Gasteiger partial charge in [0.1, 0.15) is 12.1 Å². The summed E-state index contributed by atoms with van der Waals surface area (Å²) in [5, 5.41) is 6.27. The molecule has 0 unspecified atom stereocenters. The highest BCUT2D eigenvalue weighted by Crippen LogP contribution is 2.38. The van der Waals surface area contributed by atoms with Gasteiger partial charge in [-0.3, -0.25) is 14.5 Å². The molecule has 4 amide bonds. The molecule has 8 heteroatoms. The van der Waals surface area contributed by atoms with Crippen molar-refractivity contribution in [1.82, 2.24) is 15.2 Å². The summed E-state index contributed by atoms with van der Waals surface area (Å²) in [4.78, 5) is 44.9. The van der Waals surface area contributed by atoms with Crippen molar-refractivity contribution in [2.75, 3.05) is 11.9 Å². The normalized spacial score (nSPS) is 27.9. The number of hydrogen-bond donors (Lipinski definition) is 2. The summed E-state index contributed by atoms with van der Waals surface area (Å²) in [6.07, 6.45) is 10.3. The number of carbonyl (C=O) groups excluding carboxylic acids is 3. The Labute approximate surface area is 169 Å². The average Bonchev–Trinajstić information content (AvgIpc) is 3.11. The lowest BCUT2D eigenvalue weighted by Crippen LogP contribution is -2.54. The maximum Gasteiger partial charge on any atom is 0.325 e. The molecule has 2 atom stereocenters. The van der Waals surface area contributed by atoms with E-state index < -0.39 is 11.6 Å². The third-order valence-corrected chi connectivity index (χ3v) is 7.47. The first kappa shape index (κ1) is 19.4. The van der Waals surface area contributed by atoms with E-state index in [0.717, 1.165) is 55.5 Å². The lowest BCUT2D eigenvalue weighted by molar-refractivity contribution is -0.136. The highest BCUT2D eigenvalue weighted by Gasteiger charge is 2.55. The number of anilines is 1. The van der Waals surface area contributed by atoms with Crippen LogP contribution in [-0.2, 0) is 22.4 Å². The van der Waals surface area contributed by atoms with Gasteiger partial charge in [0.15, 0.2) is 5.13 Å². The second-order valence-electron chi connectivity index (χ2n) is 8.29. The van der Waals surface area contributed by atoms with E-state index in [9.17, 15) is 14.4 Å². The van der Waals surface area contributed by atoms with E-state index >= 15 is 0 Å². The van der Waals surface area contributed by atoms with Gasteiger partial charge in [-0.2, -0.15) is 0 Å². The number of aryl methyl sites for hydroxylation is 2. The van der Waals surface area contributed by atoms with Gasteiger partial charge in [0, 0.05) is 4.88 Å². The molecule has 1 aromatic heterocycles. The van der Waals surface area contributed by atoms with E-state index in [0.29, 0.717) is 11.6 Å². The van der Waals surface area contributed by atoms with Crippen LogP contribution >= 0.6 is 11.3 Å². The number of carbonyl (C=O) groups is 3. The van der Waals surface area contributed by atoms with Crippen LogP contribution in [-0.4, -0.2) is 39.8 Å². The standard InChI is InChI=1S/C20H28N4O3S/c1-13-8-6-7-11-20(13)17(26)24(19(27)23-20)12-16(25)22-18-21-14-9-4-2-3-5-10-15(14)28-18/h13H,2-12H2,1H3,(H,23,27)(H,21,22,25)/t13-,20-/m1/s1. The molecule has 4 rings (SSSR count). The molecule has 2 fully saturated rings. The Hall–Kier alpha value is -1.96. The summed E-state index contributed by atoms with van der Waals surface area (Å²) in [5.41, 5.74) is 0.261. The van der Waals surface area contributed by atoms with Crippen molar-refractivity contribution in [3.63, 3.8) is 0 Å². The van der Waals surface area contributed by atoms with E-state index in [2.05, 4.69) is 15.6 Å². The van der Waals surface area contributed by atoms with Gasteiger partial charge >= 0.3 is 6.03 Å². The quantitative estimate of drug-likeness (QED) is 0.757. The van der Waals surface area contributed by atoms with Gasteiger partial charge in [0.05, 0.1) is 5.69 Å². The number of fused-ring (bicyclic) bond motifs is 1. The molecular weight excluding hydrogens is 376 g/mol. The molecule has 3 aliphatic rings. The summed E-state index contributed by atoms with van der Waals surface area (Å²) in [6, 6.07) is -0.458. The summed E-state index contributed by atoms with van der Waals surface area (Å²) in [6.45, 7) is 1.75. The van der Waals surface area contributed by atoms with Crippen molar-refractivity contribution in [1.29, 1.82) is 0 Å². The van der Waals surface area contributed by atoms with Crippen molar-refractivity contribution in [3.05, 3.63) is 10.6 Å². The van der Waals surface area contributed by atoms with Crippen molar-refractivity contribution >= 4 is 34.3 Å². The maximum atomic E-state index is 13.0. The predicted octanol–water partition coefficient (Wildman–Crippen LogP) is 3.24. The molecule has 1 spiro atoms. The molecule has 1 aliphatic heterocycles. The third kappa shape index (κ3) is 3.54. The number of aromatic nitrogens is 1. The van der Waals surface area contributed by atoms with Crippen LogP contribution in [0, 0.1) is 5.92 Å². The van der Waals surface area contributed by atoms with Crippen LogP contribution in [0.4, 0.5) is 9.93 Å². The number of thiazole rings is 1. The number of amides is 4. The SMILES string of the molecule is C[C@@H]1CCCC[C@@]12NC(=O)N(CC(=O)Nc1nc3c(s1)CCCCCC3)C2=O. The van der Waals surface area contributed by atoms with E-state index in [-0.39, 0.29) is 24.3 Å². The van der Waals surface area contributed by atoms with Crippen LogP contribution in [0.5, 0.6) is 0 Å². The molecule has 28 heavy (non-hydrogen) atoms. The average molecular weight is 405 g/mol. The molecule has 7 nitrogen and oxygen atoms in total. The minimum atomic E-state index is -0.827. The summed E-state index contributed by atoms with van der Waals surface area (Å²) >= 11 is 1.52. The second kappa shape index (κ2) is 7.81. The second-order valence-corrected chi connectivity index (χ2v) is 9.37. The first-order valence-electron chi connectivity index (χ1n) is 10.4. The van der Waals surface area contributed by atoms with Gasteiger partial charge in [-0.15, -0.1) is 11.3 Å². The number of imide groups is 1. The molecule has 2 N–H and O–H groups in total. The smallest absolute Gasteiger partial charge is 0.323 e. The van der Waals surface area contributed by atoms with Gasteiger partial charge < -0.3 is 10.6 Å². The topological polar surface area (TPSA) is 91.4 Å². The fourth-order valence-electron chi connectivity index (χ4n) is 4.70. The summed E-state index contributed by atoms with van der Waals surface area (Å²) in [7, 11) is 0. The maximum absolute atomic E-state index is 13.0. The highest BCUT2D eigenvalue weighted by atomic mass is 32.1. The number of nitrogens with zero attached hydrogens (tertiary/aromatic N) is 2. The monoisotopic (exact) mass is 404 g/mol. The van der Waals surface area contributed by atoms with Crippen molar-refractivity contribution in [2.24, 2.45) is 5.92 Å². The predicted molar refractivity (Wildman–Crippen MR) is 107 cm³/mol. The van der Waals surface area contributed by atoms with Crippen molar-refractivity contribution in [3.8, 4) is 0 Å². The Morgan fingerprint density at radius 2 is 2.00 bits per heavy atom. The molecule has 152 valence electrons. The van der Waals surface area contributed by atoms with Crippen molar-refractivity contribution < 1.29 is 14.4 Å². The van der Waals surface area contributed by atoms with E-state index in [1.165, 1.54) is 29.1 Å². The zero-order chi connectivity index (χ0) is 19.7. The Balaban J connectivity index is 1.42. The fourth-order valence-corrected chi connectivity index (χ4v) is 5.77. The van der Waals surface area contributed by atoms with Gasteiger partial charge in [-0.05, 0) is 44.4 Å².